The van der Waals surface area contributed by atoms with Gasteiger partial charge in [-0.05, 0) is 57.0 Å². The van der Waals surface area contributed by atoms with Crippen LogP contribution in [0.25, 0.3) is 0 Å². The van der Waals surface area contributed by atoms with Gasteiger partial charge in [0.25, 0.3) is 5.91 Å². The zero-order chi connectivity index (χ0) is 17.6. The van der Waals surface area contributed by atoms with Crippen molar-refractivity contribution in [3.63, 3.8) is 0 Å². The summed E-state index contributed by atoms with van der Waals surface area (Å²) in [4.78, 5) is 17.4. The van der Waals surface area contributed by atoms with Crippen LogP contribution in [-0.2, 0) is 4.74 Å². The van der Waals surface area contributed by atoms with Crippen LogP contribution in [0.1, 0.15) is 36.0 Å². The first-order valence-electron chi connectivity index (χ1n) is 9.13. The number of hydrogen-bond donors (Lipinski definition) is 0. The molecular weight excluding hydrogens is 323 g/mol. The minimum Gasteiger partial charge on any atom is -0.494 e. The number of likely N-dealkylation sites (tertiary alicyclic amines) is 1. The lowest BCUT2D eigenvalue weighted by atomic mass is 10.0. The fraction of sp³-hybridized carbons (Fsp3) is 0.632. The summed E-state index contributed by atoms with van der Waals surface area (Å²) in [5.41, 5.74) is 0.381. The van der Waals surface area contributed by atoms with Crippen molar-refractivity contribution < 1.29 is 18.7 Å². The van der Waals surface area contributed by atoms with Crippen molar-refractivity contribution in [1.29, 1.82) is 0 Å². The van der Waals surface area contributed by atoms with E-state index in [-0.39, 0.29) is 17.7 Å². The van der Waals surface area contributed by atoms with E-state index >= 15 is 0 Å². The molecule has 0 radical (unpaired) electrons. The molecule has 3 rings (SSSR count). The Labute approximate surface area is 148 Å². The maximum atomic E-state index is 14.0. The molecule has 2 aliphatic rings. The fourth-order valence-electron chi connectivity index (χ4n) is 3.67. The van der Waals surface area contributed by atoms with Gasteiger partial charge in [0.05, 0.1) is 7.11 Å². The van der Waals surface area contributed by atoms with Crippen molar-refractivity contribution in [3.05, 3.63) is 29.6 Å². The summed E-state index contributed by atoms with van der Waals surface area (Å²) in [6.07, 6.45) is 4.14. The lowest BCUT2D eigenvalue weighted by Crippen LogP contribution is -2.46. The first kappa shape index (κ1) is 18.1. The monoisotopic (exact) mass is 350 g/mol. The highest BCUT2D eigenvalue weighted by Gasteiger charge is 2.28. The molecule has 0 N–H and O–H groups in total. The number of benzene rings is 1. The van der Waals surface area contributed by atoms with E-state index < -0.39 is 5.82 Å². The predicted molar refractivity (Wildman–Crippen MR) is 93.5 cm³/mol. The third-order valence-corrected chi connectivity index (χ3v) is 5.15. The van der Waals surface area contributed by atoms with E-state index in [0.717, 1.165) is 32.5 Å². The molecule has 0 aromatic heterocycles. The van der Waals surface area contributed by atoms with Gasteiger partial charge in [-0.2, -0.15) is 0 Å². The molecule has 138 valence electrons. The van der Waals surface area contributed by atoms with Crippen molar-refractivity contribution in [1.82, 2.24) is 9.80 Å². The van der Waals surface area contributed by atoms with Gasteiger partial charge in [0.2, 0.25) is 0 Å². The van der Waals surface area contributed by atoms with Crippen molar-refractivity contribution in [3.8, 4) is 5.75 Å². The smallest absolute Gasteiger partial charge is 0.254 e. The molecule has 0 bridgehead atoms. The van der Waals surface area contributed by atoms with Gasteiger partial charge in [-0.1, -0.05) is 0 Å². The molecule has 1 amide bonds. The second kappa shape index (κ2) is 8.63. The molecule has 25 heavy (non-hydrogen) atoms. The summed E-state index contributed by atoms with van der Waals surface area (Å²) < 4.78 is 24.4. The third kappa shape index (κ3) is 4.50. The summed E-state index contributed by atoms with van der Waals surface area (Å²) in [5, 5.41) is 0. The average Bonchev–Trinajstić information content (AvgIpc) is 3.16. The normalized spacial score (nSPS) is 19.1. The van der Waals surface area contributed by atoms with Gasteiger partial charge in [0.15, 0.2) is 11.6 Å². The lowest BCUT2D eigenvalue weighted by molar-refractivity contribution is 0.0270. The lowest BCUT2D eigenvalue weighted by Gasteiger charge is -2.35. The quantitative estimate of drug-likeness (QED) is 0.791. The van der Waals surface area contributed by atoms with Crippen LogP contribution >= 0.6 is 0 Å². The number of carbonyl (C=O) groups is 1. The minimum atomic E-state index is -0.500. The zero-order valence-corrected chi connectivity index (χ0v) is 14.9. The summed E-state index contributed by atoms with van der Waals surface area (Å²) in [6, 6.07) is 4.61. The molecule has 0 unspecified atom stereocenters. The van der Waals surface area contributed by atoms with Gasteiger partial charge >= 0.3 is 0 Å². The Morgan fingerprint density at radius 3 is 2.68 bits per heavy atom. The van der Waals surface area contributed by atoms with Crippen LogP contribution in [0.4, 0.5) is 4.39 Å². The van der Waals surface area contributed by atoms with Gasteiger partial charge in [0.1, 0.15) is 0 Å². The van der Waals surface area contributed by atoms with E-state index in [9.17, 15) is 9.18 Å². The maximum Gasteiger partial charge on any atom is 0.254 e. The number of ether oxygens (including phenoxy) is 2. The van der Waals surface area contributed by atoms with E-state index in [1.54, 1.807) is 6.07 Å². The first-order valence-corrected chi connectivity index (χ1v) is 9.13. The van der Waals surface area contributed by atoms with Gasteiger partial charge in [-0.25, -0.2) is 4.39 Å². The molecule has 0 aliphatic carbocycles. The number of rotatable bonds is 6. The number of methoxy groups -OCH3 is 1. The zero-order valence-electron chi connectivity index (χ0n) is 14.9. The SMILES string of the molecule is COc1ccc(C(=O)N(CCN2CCCC2)C2CCOCC2)cc1F. The summed E-state index contributed by atoms with van der Waals surface area (Å²) >= 11 is 0. The highest BCUT2D eigenvalue weighted by atomic mass is 19.1. The maximum absolute atomic E-state index is 14.0. The highest BCUT2D eigenvalue weighted by Crippen LogP contribution is 2.22. The van der Waals surface area contributed by atoms with Crippen molar-refractivity contribution in [2.75, 3.05) is 46.5 Å². The van der Waals surface area contributed by atoms with Crippen LogP contribution in [0.3, 0.4) is 0 Å². The van der Waals surface area contributed by atoms with E-state index in [2.05, 4.69) is 4.90 Å². The molecule has 6 heteroatoms. The number of hydrogen-bond acceptors (Lipinski definition) is 4. The summed E-state index contributed by atoms with van der Waals surface area (Å²) in [6.45, 7) is 5.11. The van der Waals surface area contributed by atoms with Crippen LogP contribution in [0.15, 0.2) is 18.2 Å². The number of halogens is 1. The Hall–Kier alpha value is -1.66. The number of amides is 1. The summed E-state index contributed by atoms with van der Waals surface area (Å²) in [7, 11) is 1.42. The molecule has 0 atom stereocenters. The molecule has 1 aromatic rings. The average molecular weight is 350 g/mol. The molecule has 1 aromatic carbocycles. The van der Waals surface area contributed by atoms with E-state index in [1.807, 2.05) is 4.90 Å². The molecule has 2 saturated heterocycles. The highest BCUT2D eigenvalue weighted by molar-refractivity contribution is 5.94. The van der Waals surface area contributed by atoms with Gasteiger partial charge in [0, 0.05) is 37.9 Å². The van der Waals surface area contributed by atoms with E-state index in [0.29, 0.717) is 25.3 Å². The Morgan fingerprint density at radius 2 is 2.04 bits per heavy atom. The molecule has 0 saturated carbocycles. The Kier molecular flexibility index (Phi) is 6.26. The van der Waals surface area contributed by atoms with Crippen molar-refractivity contribution >= 4 is 5.91 Å². The van der Waals surface area contributed by atoms with Crippen molar-refractivity contribution in [2.24, 2.45) is 0 Å². The molecule has 5 nitrogen and oxygen atoms in total. The standard InChI is InChI=1S/C19H27FN2O3/c1-24-18-5-4-15(14-17(18)20)19(23)22(16-6-12-25-13-7-16)11-10-21-8-2-3-9-21/h4-5,14,16H,2-3,6-13H2,1H3. The van der Waals surface area contributed by atoms with Crippen LogP contribution in [0.2, 0.25) is 0 Å². The van der Waals surface area contributed by atoms with Crippen LogP contribution in [0, 0.1) is 5.82 Å². The molecule has 2 heterocycles. The second-order valence-corrected chi connectivity index (χ2v) is 6.74. The number of nitrogens with zero attached hydrogens (tertiary/aromatic N) is 2. The van der Waals surface area contributed by atoms with E-state index in [1.165, 1.54) is 32.1 Å². The Morgan fingerprint density at radius 1 is 1.32 bits per heavy atom. The third-order valence-electron chi connectivity index (χ3n) is 5.15. The fourth-order valence-corrected chi connectivity index (χ4v) is 3.67. The minimum absolute atomic E-state index is 0.104. The second-order valence-electron chi connectivity index (χ2n) is 6.74. The van der Waals surface area contributed by atoms with Crippen molar-refractivity contribution in [2.45, 2.75) is 31.7 Å². The van der Waals surface area contributed by atoms with Gasteiger partial charge in [-0.3, -0.25) is 4.79 Å². The summed E-state index contributed by atoms with van der Waals surface area (Å²) in [5.74, 6) is -0.446. The van der Waals surface area contributed by atoms with Gasteiger partial charge in [-0.15, -0.1) is 0 Å². The van der Waals surface area contributed by atoms with Crippen LogP contribution in [0.5, 0.6) is 5.75 Å². The molecule has 2 fully saturated rings. The molecule has 0 spiro atoms. The Balaban J connectivity index is 1.74. The largest absolute Gasteiger partial charge is 0.494 e. The number of carbonyl (C=O) groups excluding carboxylic acids is 1. The predicted octanol–water partition coefficient (Wildman–Crippen LogP) is 2.55. The van der Waals surface area contributed by atoms with Gasteiger partial charge < -0.3 is 19.3 Å². The van der Waals surface area contributed by atoms with Crippen LogP contribution < -0.4 is 4.74 Å². The first-order chi connectivity index (χ1) is 12.2. The Bertz CT molecular complexity index is 584. The van der Waals surface area contributed by atoms with E-state index in [4.69, 9.17) is 9.47 Å². The topological polar surface area (TPSA) is 42.0 Å². The van der Waals surface area contributed by atoms with Crippen LogP contribution in [-0.4, -0.2) is 68.3 Å². The molecular formula is C19H27FN2O3. The molecule has 2 aliphatic heterocycles.